The number of aliphatic hydroxyl groups excluding tert-OH is 1. The van der Waals surface area contributed by atoms with Gasteiger partial charge < -0.3 is 14.6 Å². The molecule has 1 aliphatic carbocycles. The second kappa shape index (κ2) is 10.2. The van der Waals surface area contributed by atoms with E-state index in [-0.39, 0.29) is 28.9 Å². The van der Waals surface area contributed by atoms with Gasteiger partial charge in [0.2, 0.25) is 11.6 Å². The van der Waals surface area contributed by atoms with E-state index in [9.17, 15) is 19.5 Å². The third-order valence-corrected chi connectivity index (χ3v) is 5.86. The molecule has 1 aliphatic rings. The molecular weight excluding hydrogens is 432 g/mol. The Morgan fingerprint density at radius 3 is 2.18 bits per heavy atom. The van der Waals surface area contributed by atoms with E-state index in [1.54, 1.807) is 42.5 Å². The van der Waals surface area contributed by atoms with Crippen molar-refractivity contribution < 1.29 is 29.0 Å². The summed E-state index contributed by atoms with van der Waals surface area (Å²) in [6.07, 6.45) is 0.551. The van der Waals surface area contributed by atoms with Crippen LogP contribution in [-0.2, 0) is 20.7 Å². The first-order valence-corrected chi connectivity index (χ1v) is 10.9. The summed E-state index contributed by atoms with van der Waals surface area (Å²) in [6.45, 7) is 0.491. The molecule has 172 valence electrons. The molecule has 0 unspecified atom stereocenters. The lowest BCUT2D eigenvalue weighted by Crippen LogP contribution is -2.28. The maximum absolute atomic E-state index is 13.0. The second-order valence-electron chi connectivity index (χ2n) is 7.95. The Morgan fingerprint density at radius 1 is 0.853 bits per heavy atom. The fraction of sp³-hybridized carbons (Fsp3) is 0.179. The van der Waals surface area contributed by atoms with Gasteiger partial charge in [-0.1, -0.05) is 66.7 Å². The predicted octanol–water partition coefficient (Wildman–Crippen LogP) is 4.69. The fourth-order valence-electron chi connectivity index (χ4n) is 4.07. The van der Waals surface area contributed by atoms with E-state index in [0.29, 0.717) is 17.9 Å². The monoisotopic (exact) mass is 456 g/mol. The van der Waals surface area contributed by atoms with E-state index in [2.05, 4.69) is 0 Å². The molecule has 6 nitrogen and oxygen atoms in total. The average molecular weight is 456 g/mol. The minimum Gasteiger partial charge on any atom is -0.507 e. The predicted molar refractivity (Wildman–Crippen MR) is 127 cm³/mol. The normalized spacial score (nSPS) is 13.9. The Kier molecular flexibility index (Phi) is 6.87. The number of hydrogen-bond donors (Lipinski definition) is 1. The maximum atomic E-state index is 13.0. The Bertz CT molecular complexity index is 1240. The maximum Gasteiger partial charge on any atom is 0.306 e. The molecule has 0 aromatic heterocycles. The highest BCUT2D eigenvalue weighted by Gasteiger charge is 2.38. The van der Waals surface area contributed by atoms with Gasteiger partial charge in [-0.15, -0.1) is 0 Å². The molecule has 1 atom stereocenters. The molecule has 0 saturated carbocycles. The summed E-state index contributed by atoms with van der Waals surface area (Å²) >= 11 is 0. The molecule has 0 bridgehead atoms. The molecule has 0 spiro atoms. The minimum atomic E-state index is -0.851. The van der Waals surface area contributed by atoms with Crippen molar-refractivity contribution >= 4 is 23.3 Å². The molecule has 6 heteroatoms. The molecule has 1 N–H and O–H groups in total. The van der Waals surface area contributed by atoms with Gasteiger partial charge in [0.1, 0.15) is 11.5 Å². The van der Waals surface area contributed by atoms with E-state index in [1.807, 2.05) is 30.3 Å². The zero-order chi connectivity index (χ0) is 24.1. The van der Waals surface area contributed by atoms with Gasteiger partial charge in [-0.3, -0.25) is 14.4 Å². The summed E-state index contributed by atoms with van der Waals surface area (Å²) in [6, 6.07) is 23.3. The largest absolute Gasteiger partial charge is 0.507 e. The van der Waals surface area contributed by atoms with Crippen LogP contribution < -0.4 is 4.74 Å². The van der Waals surface area contributed by atoms with Crippen LogP contribution in [0.2, 0.25) is 0 Å². The van der Waals surface area contributed by atoms with Crippen molar-refractivity contribution in [3.8, 4) is 5.75 Å². The number of allylic oxidation sites excluding steroid dienone is 1. The highest BCUT2D eigenvalue weighted by molar-refractivity contribution is 6.52. The Hall–Kier alpha value is -4.19. The van der Waals surface area contributed by atoms with Crippen LogP contribution in [0.4, 0.5) is 0 Å². The Balaban J connectivity index is 1.61. The van der Waals surface area contributed by atoms with Gasteiger partial charge in [0.15, 0.2) is 0 Å². The lowest BCUT2D eigenvalue weighted by atomic mass is 9.78. The fourth-order valence-corrected chi connectivity index (χ4v) is 4.07. The van der Waals surface area contributed by atoms with Crippen molar-refractivity contribution in [2.45, 2.75) is 18.8 Å². The molecule has 0 heterocycles. The second-order valence-corrected chi connectivity index (χ2v) is 7.95. The zero-order valence-electron chi connectivity index (χ0n) is 18.7. The lowest BCUT2D eigenvalue weighted by molar-refractivity contribution is -0.140. The number of ketones is 2. The minimum absolute atomic E-state index is 0.105. The molecule has 34 heavy (non-hydrogen) atoms. The number of benzene rings is 3. The van der Waals surface area contributed by atoms with Crippen molar-refractivity contribution in [2.24, 2.45) is 0 Å². The number of hydrogen-bond acceptors (Lipinski definition) is 6. The number of fused-ring (bicyclic) bond motifs is 1. The average Bonchev–Trinajstić information content (AvgIpc) is 2.88. The summed E-state index contributed by atoms with van der Waals surface area (Å²) in [5, 5.41) is 10.9. The number of esters is 1. The van der Waals surface area contributed by atoms with Gasteiger partial charge in [-0.25, -0.2) is 0 Å². The van der Waals surface area contributed by atoms with Crippen molar-refractivity contribution in [1.29, 1.82) is 0 Å². The van der Waals surface area contributed by atoms with Crippen molar-refractivity contribution in [2.75, 3.05) is 13.7 Å². The zero-order valence-corrected chi connectivity index (χ0v) is 18.7. The van der Waals surface area contributed by atoms with Crippen molar-refractivity contribution in [3.63, 3.8) is 0 Å². The number of methoxy groups -OCH3 is 1. The Labute approximate surface area is 197 Å². The topological polar surface area (TPSA) is 89.9 Å². The molecule has 3 aromatic carbocycles. The summed E-state index contributed by atoms with van der Waals surface area (Å²) in [5.74, 6) is -2.61. The number of carbonyl (C=O) groups excluding carboxylic acids is 3. The van der Waals surface area contributed by atoms with E-state index < -0.39 is 23.5 Å². The molecule has 3 aromatic rings. The van der Waals surface area contributed by atoms with Crippen LogP contribution in [0.25, 0.3) is 5.76 Å². The third-order valence-electron chi connectivity index (χ3n) is 5.86. The van der Waals surface area contributed by atoms with E-state index >= 15 is 0 Å². The van der Waals surface area contributed by atoms with Crippen molar-refractivity contribution in [1.82, 2.24) is 0 Å². The van der Waals surface area contributed by atoms with Gasteiger partial charge in [0.05, 0.1) is 25.7 Å². The van der Waals surface area contributed by atoms with Crippen LogP contribution in [-0.4, -0.2) is 36.4 Å². The first-order valence-electron chi connectivity index (χ1n) is 10.9. The number of rotatable bonds is 8. The first-order chi connectivity index (χ1) is 16.5. The molecule has 0 aliphatic heterocycles. The summed E-state index contributed by atoms with van der Waals surface area (Å²) in [5.41, 5.74) is 2.07. The van der Waals surface area contributed by atoms with Gasteiger partial charge in [0, 0.05) is 23.5 Å². The van der Waals surface area contributed by atoms with Crippen LogP contribution in [0.15, 0.2) is 84.4 Å². The van der Waals surface area contributed by atoms with E-state index in [1.165, 1.54) is 18.7 Å². The number of ether oxygens (including phenoxy) is 2. The highest BCUT2D eigenvalue weighted by atomic mass is 16.5. The van der Waals surface area contributed by atoms with Crippen LogP contribution >= 0.6 is 0 Å². The van der Waals surface area contributed by atoms with E-state index in [4.69, 9.17) is 9.47 Å². The molecular formula is C28H24O6. The lowest BCUT2D eigenvalue weighted by Gasteiger charge is -2.24. The van der Waals surface area contributed by atoms with Gasteiger partial charge in [0.25, 0.3) is 0 Å². The number of Topliss-reactive ketones (excluding diaryl/α,β-unsaturated/α-hetero) is 2. The van der Waals surface area contributed by atoms with Gasteiger partial charge in [-0.2, -0.15) is 0 Å². The first kappa shape index (κ1) is 23.0. The molecule has 0 saturated heterocycles. The summed E-state index contributed by atoms with van der Waals surface area (Å²) in [7, 11) is 1.25. The van der Waals surface area contributed by atoms with Gasteiger partial charge >= 0.3 is 5.97 Å². The highest BCUT2D eigenvalue weighted by Crippen LogP contribution is 2.38. The van der Waals surface area contributed by atoms with Gasteiger partial charge in [-0.05, 0) is 23.3 Å². The standard InChI is InChI=1S/C28H24O6/c1-33-24(29)17-23(25-26(30)21-9-5-6-10-22(21)27(31)28(25)32)19-11-13-20(14-12-19)34-16-15-18-7-3-2-4-8-18/h2-14,23,30H,15-17H2,1H3/t23-/m0/s1. The number of aliphatic hydroxyl groups is 1. The Morgan fingerprint density at radius 2 is 1.50 bits per heavy atom. The molecule has 0 fully saturated rings. The van der Waals surface area contributed by atoms with E-state index in [0.717, 1.165) is 6.42 Å². The molecule has 0 radical (unpaired) electrons. The third kappa shape index (κ3) is 4.76. The smallest absolute Gasteiger partial charge is 0.306 e. The van der Waals surface area contributed by atoms with Crippen LogP contribution in [0.5, 0.6) is 5.75 Å². The van der Waals surface area contributed by atoms with Crippen molar-refractivity contribution in [3.05, 3.63) is 107 Å². The summed E-state index contributed by atoms with van der Waals surface area (Å²) < 4.78 is 10.6. The SMILES string of the molecule is COC(=O)C[C@H](C1=C(O)c2ccccc2C(=O)C1=O)c1ccc(OCCc2ccccc2)cc1. The molecule has 4 rings (SSSR count). The molecule has 0 amide bonds. The van der Waals surface area contributed by atoms with Crippen LogP contribution in [0.1, 0.15) is 39.4 Å². The quantitative estimate of drug-likeness (QED) is 0.391. The summed E-state index contributed by atoms with van der Waals surface area (Å²) in [4.78, 5) is 37.9. The number of carbonyl (C=O) groups is 3. The van der Waals surface area contributed by atoms with Crippen LogP contribution in [0.3, 0.4) is 0 Å². The van der Waals surface area contributed by atoms with Crippen LogP contribution in [0, 0.1) is 0 Å².